The number of anilines is 2. The van der Waals surface area contributed by atoms with E-state index in [2.05, 4.69) is 22.2 Å². The summed E-state index contributed by atoms with van der Waals surface area (Å²) in [7, 11) is 1.59. The maximum absolute atomic E-state index is 13.2. The molecule has 0 bridgehead atoms. The van der Waals surface area contributed by atoms with Crippen LogP contribution in [0.4, 0.5) is 17.2 Å². The molecule has 0 radical (unpaired) electrons. The Labute approximate surface area is 164 Å². The highest BCUT2D eigenvalue weighted by Crippen LogP contribution is 2.42. The van der Waals surface area contributed by atoms with Crippen molar-refractivity contribution in [3.05, 3.63) is 39.9 Å². The second-order valence-corrected chi connectivity index (χ2v) is 9.73. The van der Waals surface area contributed by atoms with Gasteiger partial charge in [-0.25, -0.2) is 4.98 Å². The topological polar surface area (TPSA) is 70.1 Å². The van der Waals surface area contributed by atoms with E-state index in [1.807, 2.05) is 12.1 Å². The summed E-state index contributed by atoms with van der Waals surface area (Å²) in [6.07, 6.45) is 4.67. The van der Waals surface area contributed by atoms with Crippen molar-refractivity contribution in [3.63, 3.8) is 0 Å². The number of hydroxylamine groups is 2. The van der Waals surface area contributed by atoms with Crippen molar-refractivity contribution >= 4 is 48.3 Å². The Morgan fingerprint density at radius 1 is 1.31 bits per heavy atom. The predicted octanol–water partition coefficient (Wildman–Crippen LogP) is 4.86. The maximum Gasteiger partial charge on any atom is 0.224 e. The molecule has 1 fully saturated rings. The van der Waals surface area contributed by atoms with E-state index in [0.717, 1.165) is 12.3 Å². The van der Waals surface area contributed by atoms with E-state index in [4.69, 9.17) is 27.9 Å². The minimum atomic E-state index is -0.296. The number of nitrogens with zero attached hydrogens (tertiary/aromatic N) is 3. The van der Waals surface area contributed by atoms with Crippen LogP contribution in [-0.4, -0.2) is 48.7 Å². The fourth-order valence-corrected chi connectivity index (χ4v) is 5.34. The second-order valence-electron chi connectivity index (χ2n) is 6.12. The van der Waals surface area contributed by atoms with E-state index in [1.165, 1.54) is 12.4 Å². The second kappa shape index (κ2) is 8.24. The Morgan fingerprint density at radius 2 is 2.04 bits per heavy atom. The van der Waals surface area contributed by atoms with Crippen LogP contribution in [0.25, 0.3) is 0 Å². The van der Waals surface area contributed by atoms with Gasteiger partial charge in [-0.1, -0.05) is 26.4 Å². The van der Waals surface area contributed by atoms with Crippen LogP contribution in [0.15, 0.2) is 24.4 Å². The molecule has 2 heterocycles. The Morgan fingerprint density at radius 3 is 2.69 bits per heavy atom. The molecule has 1 N–H and O–H groups in total. The molecule has 0 saturated carbocycles. The van der Waals surface area contributed by atoms with E-state index in [1.54, 1.807) is 13.2 Å². The van der Waals surface area contributed by atoms with Crippen molar-refractivity contribution in [2.75, 3.05) is 44.0 Å². The smallest absolute Gasteiger partial charge is 0.224 e. The number of nitrogens with one attached hydrogen (secondary N) is 1. The van der Waals surface area contributed by atoms with Crippen molar-refractivity contribution in [2.24, 2.45) is 0 Å². The summed E-state index contributed by atoms with van der Waals surface area (Å²) in [4.78, 5) is 7.91. The highest BCUT2D eigenvalue weighted by molar-refractivity contribution is 7.57. The number of hydrogen-bond donors (Lipinski definition) is 1. The number of halogens is 2. The van der Waals surface area contributed by atoms with E-state index >= 15 is 0 Å². The van der Waals surface area contributed by atoms with Gasteiger partial charge in [-0.2, -0.15) is 4.98 Å². The van der Waals surface area contributed by atoms with Crippen molar-refractivity contribution in [1.82, 2.24) is 14.6 Å². The molecule has 0 unspecified atom stereocenters. The molecule has 0 amide bonds. The Bertz CT molecular complexity index is 785. The molecule has 1 aliphatic heterocycles. The number of quaternary nitrogens is 1. The van der Waals surface area contributed by atoms with E-state index in [-0.39, 0.29) is 17.9 Å². The Hall–Kier alpha value is -1.17. The first-order valence-corrected chi connectivity index (χ1v) is 11.0. The summed E-state index contributed by atoms with van der Waals surface area (Å²) in [6.45, 7) is 3.47. The van der Waals surface area contributed by atoms with Crippen molar-refractivity contribution in [3.8, 4) is 5.75 Å². The molecule has 1 aromatic heterocycles. The highest BCUT2D eigenvalue weighted by atomic mass is 35.5. The molecule has 26 heavy (non-hydrogen) atoms. The van der Waals surface area contributed by atoms with Crippen LogP contribution < -0.4 is 14.7 Å². The normalized spacial score (nSPS) is 22.9. The minimum Gasteiger partial charge on any atom is -0.627 e. The first kappa shape index (κ1) is 19.6. The molecule has 1 saturated heterocycles. The molecule has 140 valence electrons. The van der Waals surface area contributed by atoms with Crippen LogP contribution in [0.2, 0.25) is 10.3 Å². The van der Waals surface area contributed by atoms with Gasteiger partial charge in [0.25, 0.3) is 0 Å². The third kappa shape index (κ3) is 4.21. The SMILES string of the molecule is CCP1CC[N+]([O-])(c2ccc(Nc3nc(Cl)ncc3Cl)c(OC)c2)CC1. The lowest BCUT2D eigenvalue weighted by molar-refractivity contribution is 0.393. The van der Waals surface area contributed by atoms with E-state index in [9.17, 15) is 5.21 Å². The van der Waals surface area contributed by atoms with Crippen LogP contribution in [0.1, 0.15) is 6.92 Å². The van der Waals surface area contributed by atoms with Crippen molar-refractivity contribution in [2.45, 2.75) is 6.92 Å². The maximum atomic E-state index is 13.2. The summed E-state index contributed by atoms with van der Waals surface area (Å²) in [5, 5.41) is 16.8. The fourth-order valence-electron chi connectivity index (χ4n) is 3.00. The van der Waals surface area contributed by atoms with E-state index in [0.29, 0.717) is 41.1 Å². The van der Waals surface area contributed by atoms with Crippen molar-refractivity contribution < 1.29 is 4.74 Å². The number of benzene rings is 1. The van der Waals surface area contributed by atoms with Crippen LogP contribution in [0.3, 0.4) is 0 Å². The third-order valence-corrected chi connectivity index (χ3v) is 7.64. The van der Waals surface area contributed by atoms with Gasteiger partial charge in [0, 0.05) is 24.5 Å². The first-order chi connectivity index (χ1) is 12.4. The molecule has 2 aromatic rings. The number of methoxy groups -OCH3 is 1. The number of aromatic nitrogens is 2. The summed E-state index contributed by atoms with van der Waals surface area (Å²) >= 11 is 11.9. The number of ether oxygens (including phenoxy) is 1. The average molecular weight is 415 g/mol. The largest absolute Gasteiger partial charge is 0.627 e. The summed E-state index contributed by atoms with van der Waals surface area (Å²) in [5.74, 6) is 0.945. The van der Waals surface area contributed by atoms with Crippen LogP contribution in [-0.2, 0) is 0 Å². The quantitative estimate of drug-likeness (QED) is 0.327. The lowest BCUT2D eigenvalue weighted by Gasteiger charge is -2.47. The molecule has 0 aliphatic carbocycles. The minimum absolute atomic E-state index is 0.0234. The molecule has 1 aromatic carbocycles. The standard InChI is InChI=1S/C17H21Cl2N4O2P/c1-3-26-8-6-23(24,7-9-26)12-4-5-14(15(10-12)25-2)21-16-13(18)11-20-17(19)22-16/h4-5,10-11H,3,6-9H2,1-2H3,(H,20,21,22). The Kier molecular flexibility index (Phi) is 6.21. The predicted molar refractivity (Wildman–Crippen MR) is 110 cm³/mol. The van der Waals surface area contributed by atoms with Gasteiger partial charge in [0.15, 0.2) is 5.82 Å². The third-order valence-electron chi connectivity index (χ3n) is 4.63. The lowest BCUT2D eigenvalue weighted by Crippen LogP contribution is -2.50. The molecule has 1 aliphatic rings. The number of rotatable bonds is 5. The number of hydrogen-bond acceptors (Lipinski definition) is 5. The molecule has 0 atom stereocenters. The summed E-state index contributed by atoms with van der Waals surface area (Å²) < 4.78 is 5.18. The molecule has 0 spiro atoms. The molecule has 9 heteroatoms. The first-order valence-electron chi connectivity index (χ1n) is 8.39. The van der Waals surface area contributed by atoms with E-state index < -0.39 is 0 Å². The molecule has 6 nitrogen and oxygen atoms in total. The lowest BCUT2D eigenvalue weighted by atomic mass is 10.2. The zero-order valence-electron chi connectivity index (χ0n) is 14.7. The van der Waals surface area contributed by atoms with Crippen LogP contribution in [0.5, 0.6) is 5.75 Å². The van der Waals surface area contributed by atoms with Crippen molar-refractivity contribution in [1.29, 1.82) is 0 Å². The van der Waals surface area contributed by atoms with Gasteiger partial charge in [-0.15, -0.1) is 0 Å². The van der Waals surface area contributed by atoms with Gasteiger partial charge in [0.05, 0.1) is 32.1 Å². The Balaban J connectivity index is 1.85. The van der Waals surface area contributed by atoms with Gasteiger partial charge in [0.2, 0.25) is 5.28 Å². The van der Waals surface area contributed by atoms with Crippen LogP contribution in [0, 0.1) is 5.21 Å². The highest BCUT2D eigenvalue weighted by Gasteiger charge is 2.28. The van der Waals surface area contributed by atoms with Gasteiger partial charge < -0.3 is 19.9 Å². The molecular weight excluding hydrogens is 394 g/mol. The summed E-state index contributed by atoms with van der Waals surface area (Å²) in [6, 6.07) is 5.45. The molecular formula is C17H21Cl2N4O2P. The van der Waals surface area contributed by atoms with Gasteiger partial charge in [0.1, 0.15) is 16.5 Å². The van der Waals surface area contributed by atoms with Gasteiger partial charge >= 0.3 is 0 Å². The van der Waals surface area contributed by atoms with Gasteiger partial charge in [-0.05, 0) is 23.8 Å². The zero-order chi connectivity index (χ0) is 18.7. The molecule has 3 rings (SSSR count). The van der Waals surface area contributed by atoms with Gasteiger partial charge in [-0.3, -0.25) is 0 Å². The summed E-state index contributed by atoms with van der Waals surface area (Å²) in [5.41, 5.74) is 1.37. The fraction of sp³-hybridized carbons (Fsp3) is 0.412. The van der Waals surface area contributed by atoms with Crippen LogP contribution >= 0.6 is 31.1 Å². The average Bonchev–Trinajstić information content (AvgIpc) is 2.65. The zero-order valence-corrected chi connectivity index (χ0v) is 17.1. The monoisotopic (exact) mass is 414 g/mol.